The van der Waals surface area contributed by atoms with Crippen LogP contribution in [0.4, 0.5) is 18.9 Å². The molecule has 1 fully saturated rings. The van der Waals surface area contributed by atoms with E-state index in [0.717, 1.165) is 26.3 Å². The molecule has 10 heteroatoms. The first kappa shape index (κ1) is 22.5. The number of alkyl halides is 3. The highest BCUT2D eigenvalue weighted by molar-refractivity contribution is 14.1. The molecule has 1 amide bonds. The van der Waals surface area contributed by atoms with Crippen molar-refractivity contribution in [1.29, 1.82) is 5.41 Å². The van der Waals surface area contributed by atoms with E-state index in [2.05, 4.69) is 22.6 Å². The molecule has 30 heavy (non-hydrogen) atoms. The Morgan fingerprint density at radius 3 is 2.60 bits per heavy atom. The SMILES string of the molecule is CCOc1cc(C=C2SC(=N)N(c3ccccc3C(F)(F)F)C2=O)cc(I)c1OC. The zero-order valence-electron chi connectivity index (χ0n) is 15.8. The predicted molar refractivity (Wildman–Crippen MR) is 119 cm³/mol. The molecule has 2 aromatic rings. The van der Waals surface area contributed by atoms with E-state index in [0.29, 0.717) is 23.7 Å². The van der Waals surface area contributed by atoms with Gasteiger partial charge in [-0.05, 0) is 77.2 Å². The minimum atomic E-state index is -4.65. The third-order valence-electron chi connectivity index (χ3n) is 4.11. The van der Waals surface area contributed by atoms with Gasteiger partial charge in [-0.15, -0.1) is 0 Å². The van der Waals surface area contributed by atoms with Crippen LogP contribution in [0, 0.1) is 8.98 Å². The van der Waals surface area contributed by atoms with Gasteiger partial charge in [-0.2, -0.15) is 13.2 Å². The molecule has 1 saturated heterocycles. The highest BCUT2D eigenvalue weighted by Gasteiger charge is 2.40. The van der Waals surface area contributed by atoms with E-state index in [9.17, 15) is 18.0 Å². The Balaban J connectivity index is 2.01. The molecule has 5 nitrogen and oxygen atoms in total. The lowest BCUT2D eigenvalue weighted by Gasteiger charge is -2.19. The van der Waals surface area contributed by atoms with E-state index in [1.165, 1.54) is 31.4 Å². The van der Waals surface area contributed by atoms with Crippen LogP contribution >= 0.6 is 34.4 Å². The second kappa shape index (κ2) is 8.88. The number of carbonyl (C=O) groups excluding carboxylic acids is 1. The number of para-hydroxylation sites is 1. The molecule has 0 saturated carbocycles. The van der Waals surface area contributed by atoms with Crippen molar-refractivity contribution in [2.45, 2.75) is 13.1 Å². The number of thioether (sulfide) groups is 1. The van der Waals surface area contributed by atoms with Gasteiger partial charge in [0.25, 0.3) is 5.91 Å². The molecule has 3 rings (SSSR count). The third kappa shape index (κ3) is 4.43. The van der Waals surface area contributed by atoms with E-state index >= 15 is 0 Å². The summed E-state index contributed by atoms with van der Waals surface area (Å²) in [5.41, 5.74) is -0.726. The van der Waals surface area contributed by atoms with Crippen molar-refractivity contribution in [3.63, 3.8) is 0 Å². The second-order valence-corrected chi connectivity index (χ2v) is 8.23. The lowest BCUT2D eigenvalue weighted by molar-refractivity contribution is -0.137. The maximum absolute atomic E-state index is 13.4. The number of amidine groups is 1. The maximum Gasteiger partial charge on any atom is 0.418 e. The molecule has 0 unspecified atom stereocenters. The van der Waals surface area contributed by atoms with Gasteiger partial charge in [0.15, 0.2) is 16.7 Å². The Kier molecular flexibility index (Phi) is 6.65. The number of hydrogen-bond acceptors (Lipinski definition) is 5. The van der Waals surface area contributed by atoms with Gasteiger partial charge in [-0.1, -0.05) is 12.1 Å². The third-order valence-corrected chi connectivity index (χ3v) is 5.80. The first-order valence-electron chi connectivity index (χ1n) is 8.66. The van der Waals surface area contributed by atoms with Crippen LogP contribution < -0.4 is 14.4 Å². The van der Waals surface area contributed by atoms with Crippen LogP contribution in [0.5, 0.6) is 11.5 Å². The van der Waals surface area contributed by atoms with Gasteiger partial charge in [0, 0.05) is 0 Å². The molecule has 1 N–H and O–H groups in total. The number of nitrogens with zero attached hydrogens (tertiary/aromatic N) is 1. The van der Waals surface area contributed by atoms with Crippen LogP contribution in [0.3, 0.4) is 0 Å². The van der Waals surface area contributed by atoms with Crippen molar-refractivity contribution in [3.8, 4) is 11.5 Å². The molecular weight excluding hydrogens is 532 g/mol. The molecule has 2 aromatic carbocycles. The van der Waals surface area contributed by atoms with Crippen molar-refractivity contribution in [2.75, 3.05) is 18.6 Å². The van der Waals surface area contributed by atoms with Crippen molar-refractivity contribution in [3.05, 3.63) is 56.0 Å². The van der Waals surface area contributed by atoms with Gasteiger partial charge in [0.1, 0.15) is 0 Å². The van der Waals surface area contributed by atoms with Crippen molar-refractivity contribution >= 4 is 57.2 Å². The van der Waals surface area contributed by atoms with E-state index in [-0.39, 0.29) is 15.8 Å². The summed E-state index contributed by atoms with van der Waals surface area (Å²) in [6, 6.07) is 8.16. The molecule has 0 aliphatic carbocycles. The first-order valence-corrected chi connectivity index (χ1v) is 10.6. The summed E-state index contributed by atoms with van der Waals surface area (Å²) >= 11 is 2.87. The van der Waals surface area contributed by atoms with Crippen LogP contribution in [0.2, 0.25) is 0 Å². The lowest BCUT2D eigenvalue weighted by atomic mass is 10.1. The van der Waals surface area contributed by atoms with E-state index < -0.39 is 17.6 Å². The van der Waals surface area contributed by atoms with Gasteiger partial charge in [0.05, 0.1) is 33.4 Å². The zero-order chi connectivity index (χ0) is 22.1. The van der Waals surface area contributed by atoms with E-state index in [4.69, 9.17) is 14.9 Å². The monoisotopic (exact) mass is 548 g/mol. The lowest BCUT2D eigenvalue weighted by Crippen LogP contribution is -2.30. The van der Waals surface area contributed by atoms with Crippen molar-refractivity contribution in [1.82, 2.24) is 0 Å². The number of anilines is 1. The summed E-state index contributed by atoms with van der Waals surface area (Å²) in [5.74, 6) is 0.354. The molecule has 1 aliphatic heterocycles. The van der Waals surface area contributed by atoms with E-state index in [1.807, 2.05) is 6.92 Å². The fraction of sp³-hybridized carbons (Fsp3) is 0.200. The molecule has 0 bridgehead atoms. The number of methoxy groups -OCH3 is 1. The summed E-state index contributed by atoms with van der Waals surface area (Å²) in [7, 11) is 1.52. The zero-order valence-corrected chi connectivity index (χ0v) is 18.8. The molecule has 0 atom stereocenters. The average molecular weight is 548 g/mol. The smallest absolute Gasteiger partial charge is 0.418 e. The molecule has 0 radical (unpaired) electrons. The van der Waals surface area contributed by atoms with Crippen LogP contribution in [0.25, 0.3) is 6.08 Å². The van der Waals surface area contributed by atoms with Crippen LogP contribution in [0.1, 0.15) is 18.1 Å². The number of ether oxygens (including phenoxy) is 2. The fourth-order valence-electron chi connectivity index (χ4n) is 2.90. The topological polar surface area (TPSA) is 62.6 Å². The van der Waals surface area contributed by atoms with Crippen LogP contribution in [-0.2, 0) is 11.0 Å². The molecule has 0 aromatic heterocycles. The van der Waals surface area contributed by atoms with Crippen molar-refractivity contribution < 1.29 is 27.4 Å². The van der Waals surface area contributed by atoms with Crippen molar-refractivity contribution in [2.24, 2.45) is 0 Å². The summed E-state index contributed by atoms with van der Waals surface area (Å²) in [4.78, 5) is 13.8. The quantitative estimate of drug-likeness (QED) is 0.381. The van der Waals surface area contributed by atoms with Crippen LogP contribution in [-0.4, -0.2) is 24.8 Å². The minimum Gasteiger partial charge on any atom is -0.492 e. The molecule has 0 spiro atoms. The van der Waals surface area contributed by atoms with Crippen LogP contribution in [0.15, 0.2) is 41.3 Å². The Morgan fingerprint density at radius 2 is 1.97 bits per heavy atom. The van der Waals surface area contributed by atoms with Gasteiger partial charge < -0.3 is 9.47 Å². The highest BCUT2D eigenvalue weighted by Crippen LogP contribution is 2.42. The number of halogens is 4. The molecule has 1 aliphatic rings. The molecule has 1 heterocycles. The Bertz CT molecular complexity index is 1040. The number of carbonyl (C=O) groups is 1. The summed E-state index contributed by atoms with van der Waals surface area (Å²) in [6.07, 6.45) is -3.12. The highest BCUT2D eigenvalue weighted by atomic mass is 127. The Morgan fingerprint density at radius 1 is 1.27 bits per heavy atom. The first-order chi connectivity index (χ1) is 14.2. The second-order valence-electron chi connectivity index (χ2n) is 6.04. The summed E-state index contributed by atoms with van der Waals surface area (Å²) < 4.78 is 51.8. The Hall–Kier alpha value is -2.21. The number of rotatable bonds is 5. The van der Waals surface area contributed by atoms with Gasteiger partial charge in [-0.3, -0.25) is 15.1 Å². The Labute approximate surface area is 188 Å². The number of nitrogens with one attached hydrogen (secondary N) is 1. The maximum atomic E-state index is 13.4. The normalized spacial score (nSPS) is 15.8. The summed E-state index contributed by atoms with van der Waals surface area (Å²) in [5, 5.41) is 7.80. The van der Waals surface area contributed by atoms with Gasteiger partial charge >= 0.3 is 6.18 Å². The number of amides is 1. The number of hydrogen-bond donors (Lipinski definition) is 1. The van der Waals surface area contributed by atoms with E-state index in [1.54, 1.807) is 12.1 Å². The number of benzene rings is 2. The standard InChI is InChI=1S/C20H16F3IN2O3S/c1-3-29-15-9-11(8-13(24)17(15)28-2)10-16-18(27)26(19(25)30-16)14-7-5-4-6-12(14)20(21,22)23/h4-10,25H,3H2,1-2H3. The largest absolute Gasteiger partial charge is 0.492 e. The minimum absolute atomic E-state index is 0.139. The predicted octanol–water partition coefficient (Wildman–Crippen LogP) is 5.77. The molecule has 158 valence electrons. The average Bonchev–Trinajstić information content (AvgIpc) is 2.94. The fourth-order valence-corrected chi connectivity index (χ4v) is 4.60. The summed E-state index contributed by atoms with van der Waals surface area (Å²) in [6.45, 7) is 2.23. The van der Waals surface area contributed by atoms with Gasteiger partial charge in [0.2, 0.25) is 0 Å². The van der Waals surface area contributed by atoms with Gasteiger partial charge in [-0.25, -0.2) is 0 Å². The molecular formula is C20H16F3IN2O3S.